The molecule has 1 atom stereocenters. The number of amides is 2. The largest absolute Gasteiger partial charge is 0.449 e. The lowest BCUT2D eigenvalue weighted by molar-refractivity contribution is -0.123. The van der Waals surface area contributed by atoms with Gasteiger partial charge >= 0.3 is 5.97 Å². The molecule has 0 saturated heterocycles. The Hall–Kier alpha value is -2.80. The van der Waals surface area contributed by atoms with Crippen molar-refractivity contribution in [3.05, 3.63) is 54.1 Å². The standard InChI is InChI=1S/C18H16N2O4S/c1-11(17(22)19-13-5-3-2-4-6-13)24-18(23)12-7-8-15-14(9-12)20-16(21)10-25-15/h2-9,11H,10H2,1H3,(H,19,22)(H,20,21)/t11-/m0/s1. The van der Waals surface area contributed by atoms with Gasteiger partial charge in [0.15, 0.2) is 6.10 Å². The molecule has 2 N–H and O–H groups in total. The molecule has 0 saturated carbocycles. The number of benzene rings is 2. The summed E-state index contributed by atoms with van der Waals surface area (Å²) < 4.78 is 5.22. The van der Waals surface area contributed by atoms with Crippen molar-refractivity contribution < 1.29 is 19.1 Å². The molecule has 25 heavy (non-hydrogen) atoms. The van der Waals surface area contributed by atoms with Gasteiger partial charge in [-0.25, -0.2) is 4.79 Å². The van der Waals surface area contributed by atoms with E-state index < -0.39 is 18.0 Å². The van der Waals surface area contributed by atoms with Gasteiger partial charge < -0.3 is 15.4 Å². The lowest BCUT2D eigenvalue weighted by Crippen LogP contribution is -2.30. The number of thioether (sulfide) groups is 1. The third-order valence-corrected chi connectivity index (χ3v) is 4.62. The zero-order valence-electron chi connectivity index (χ0n) is 13.4. The normalized spacial score (nSPS) is 14.0. The van der Waals surface area contributed by atoms with Crippen LogP contribution in [0.2, 0.25) is 0 Å². The smallest absolute Gasteiger partial charge is 0.338 e. The molecule has 0 aromatic heterocycles. The van der Waals surface area contributed by atoms with Gasteiger partial charge in [-0.1, -0.05) is 18.2 Å². The molecular formula is C18H16N2O4S. The van der Waals surface area contributed by atoms with E-state index in [-0.39, 0.29) is 11.5 Å². The number of carbonyl (C=O) groups excluding carboxylic acids is 3. The molecule has 1 heterocycles. The molecule has 2 aromatic carbocycles. The second-order valence-electron chi connectivity index (χ2n) is 5.45. The summed E-state index contributed by atoms with van der Waals surface area (Å²) in [5.74, 6) is -0.795. The van der Waals surface area contributed by atoms with Gasteiger partial charge in [-0.15, -0.1) is 11.8 Å². The van der Waals surface area contributed by atoms with Crippen molar-refractivity contribution in [2.75, 3.05) is 16.4 Å². The summed E-state index contributed by atoms with van der Waals surface area (Å²) in [5.41, 5.74) is 1.49. The molecule has 0 spiro atoms. The summed E-state index contributed by atoms with van der Waals surface area (Å²) in [6, 6.07) is 13.9. The maximum atomic E-state index is 12.3. The number of rotatable bonds is 4. The first kappa shape index (κ1) is 17.0. The number of para-hydroxylation sites is 1. The van der Waals surface area contributed by atoms with E-state index in [1.165, 1.54) is 18.7 Å². The van der Waals surface area contributed by atoms with Gasteiger partial charge in [-0.05, 0) is 37.3 Å². The Morgan fingerprint density at radius 2 is 1.96 bits per heavy atom. The van der Waals surface area contributed by atoms with Gasteiger partial charge in [0.1, 0.15) is 0 Å². The second-order valence-corrected chi connectivity index (χ2v) is 6.47. The fraction of sp³-hybridized carbons (Fsp3) is 0.167. The van der Waals surface area contributed by atoms with Crippen LogP contribution in [0.15, 0.2) is 53.4 Å². The first-order chi connectivity index (χ1) is 12.0. The van der Waals surface area contributed by atoms with Crippen LogP contribution >= 0.6 is 11.8 Å². The second kappa shape index (κ2) is 7.40. The fourth-order valence-corrected chi connectivity index (χ4v) is 3.05. The Labute approximate surface area is 148 Å². The van der Waals surface area contributed by atoms with Crippen molar-refractivity contribution in [3.8, 4) is 0 Å². The highest BCUT2D eigenvalue weighted by molar-refractivity contribution is 8.00. The van der Waals surface area contributed by atoms with Crippen molar-refractivity contribution in [1.29, 1.82) is 0 Å². The average Bonchev–Trinajstić information content (AvgIpc) is 2.61. The third kappa shape index (κ3) is 4.19. The summed E-state index contributed by atoms with van der Waals surface area (Å²) in [6.45, 7) is 1.51. The van der Waals surface area contributed by atoms with E-state index in [9.17, 15) is 14.4 Å². The quantitative estimate of drug-likeness (QED) is 0.823. The first-order valence-electron chi connectivity index (χ1n) is 7.66. The third-order valence-electron chi connectivity index (χ3n) is 3.54. The molecule has 0 unspecified atom stereocenters. The van der Waals surface area contributed by atoms with E-state index in [0.717, 1.165) is 4.90 Å². The number of ether oxygens (including phenoxy) is 1. The zero-order valence-corrected chi connectivity index (χ0v) is 14.3. The van der Waals surface area contributed by atoms with E-state index in [4.69, 9.17) is 4.74 Å². The van der Waals surface area contributed by atoms with Crippen molar-refractivity contribution in [2.24, 2.45) is 0 Å². The molecule has 0 radical (unpaired) electrons. The molecule has 0 aliphatic carbocycles. The van der Waals surface area contributed by atoms with E-state index in [0.29, 0.717) is 17.1 Å². The lowest BCUT2D eigenvalue weighted by atomic mass is 10.2. The number of hydrogen-bond acceptors (Lipinski definition) is 5. The molecule has 2 amide bonds. The van der Waals surface area contributed by atoms with Crippen LogP contribution < -0.4 is 10.6 Å². The highest BCUT2D eigenvalue weighted by atomic mass is 32.2. The van der Waals surface area contributed by atoms with E-state index in [1.807, 2.05) is 6.07 Å². The van der Waals surface area contributed by atoms with Gasteiger partial charge in [0.05, 0.1) is 17.0 Å². The molecule has 1 aliphatic rings. The highest BCUT2D eigenvalue weighted by Crippen LogP contribution is 2.32. The van der Waals surface area contributed by atoms with Crippen LogP contribution in [0.5, 0.6) is 0 Å². The lowest BCUT2D eigenvalue weighted by Gasteiger charge is -2.17. The Morgan fingerprint density at radius 3 is 2.72 bits per heavy atom. The monoisotopic (exact) mass is 356 g/mol. The number of anilines is 2. The minimum atomic E-state index is -0.951. The number of hydrogen-bond donors (Lipinski definition) is 2. The SMILES string of the molecule is C[C@H](OC(=O)c1ccc2c(c1)NC(=O)CS2)C(=O)Nc1ccccc1. The molecule has 6 nitrogen and oxygen atoms in total. The number of esters is 1. The topological polar surface area (TPSA) is 84.5 Å². The maximum Gasteiger partial charge on any atom is 0.338 e. The minimum absolute atomic E-state index is 0.112. The maximum absolute atomic E-state index is 12.3. The van der Waals surface area contributed by atoms with Crippen LogP contribution in [0.4, 0.5) is 11.4 Å². The van der Waals surface area contributed by atoms with Crippen molar-refractivity contribution in [1.82, 2.24) is 0 Å². The van der Waals surface area contributed by atoms with Crippen LogP contribution in [0.1, 0.15) is 17.3 Å². The van der Waals surface area contributed by atoms with E-state index >= 15 is 0 Å². The van der Waals surface area contributed by atoms with Crippen LogP contribution in [0.3, 0.4) is 0 Å². The Bertz CT molecular complexity index is 823. The number of fused-ring (bicyclic) bond motifs is 1. The molecule has 0 fully saturated rings. The summed E-state index contributed by atoms with van der Waals surface area (Å²) in [4.78, 5) is 36.7. The van der Waals surface area contributed by atoms with Gasteiger partial charge in [-0.2, -0.15) is 0 Å². The van der Waals surface area contributed by atoms with Crippen molar-refractivity contribution in [2.45, 2.75) is 17.9 Å². The first-order valence-corrected chi connectivity index (χ1v) is 8.65. The predicted molar refractivity (Wildman–Crippen MR) is 95.7 cm³/mol. The van der Waals surface area contributed by atoms with Gasteiger partial charge in [-0.3, -0.25) is 9.59 Å². The summed E-state index contributed by atoms with van der Waals surface area (Å²) >= 11 is 1.41. The van der Waals surface area contributed by atoms with Gasteiger partial charge in [0.2, 0.25) is 5.91 Å². The predicted octanol–water partition coefficient (Wildman–Crippen LogP) is 2.91. The van der Waals surface area contributed by atoms with Crippen LogP contribution in [-0.2, 0) is 14.3 Å². The number of nitrogens with one attached hydrogen (secondary N) is 2. The summed E-state index contributed by atoms with van der Waals surface area (Å²) in [7, 11) is 0. The molecule has 7 heteroatoms. The molecule has 0 bridgehead atoms. The molecular weight excluding hydrogens is 340 g/mol. The van der Waals surface area contributed by atoms with Crippen LogP contribution in [0.25, 0.3) is 0 Å². The molecule has 2 aromatic rings. The Kier molecular flexibility index (Phi) is 5.04. The van der Waals surface area contributed by atoms with Crippen LogP contribution in [-0.4, -0.2) is 29.6 Å². The number of carbonyl (C=O) groups is 3. The highest BCUT2D eigenvalue weighted by Gasteiger charge is 2.21. The summed E-state index contributed by atoms with van der Waals surface area (Å²) in [6.07, 6.45) is -0.951. The fourth-order valence-electron chi connectivity index (χ4n) is 2.26. The Morgan fingerprint density at radius 1 is 1.20 bits per heavy atom. The average molecular weight is 356 g/mol. The van der Waals surface area contributed by atoms with Crippen LogP contribution in [0, 0.1) is 0 Å². The summed E-state index contributed by atoms with van der Waals surface area (Å²) in [5, 5.41) is 5.39. The van der Waals surface area contributed by atoms with E-state index in [1.54, 1.807) is 42.5 Å². The Balaban J connectivity index is 1.64. The van der Waals surface area contributed by atoms with E-state index in [2.05, 4.69) is 10.6 Å². The van der Waals surface area contributed by atoms with Gasteiger partial charge in [0.25, 0.3) is 5.91 Å². The van der Waals surface area contributed by atoms with Crippen molar-refractivity contribution in [3.63, 3.8) is 0 Å². The van der Waals surface area contributed by atoms with Gasteiger partial charge in [0, 0.05) is 10.6 Å². The molecule has 128 valence electrons. The zero-order chi connectivity index (χ0) is 17.8. The molecule has 3 rings (SSSR count). The molecule has 1 aliphatic heterocycles. The van der Waals surface area contributed by atoms with Crippen molar-refractivity contribution >= 4 is 40.9 Å². The minimum Gasteiger partial charge on any atom is -0.449 e.